The summed E-state index contributed by atoms with van der Waals surface area (Å²) in [4.78, 5) is 8.35. The van der Waals surface area contributed by atoms with Crippen molar-refractivity contribution in [1.82, 2.24) is 24.9 Å². The molecule has 2 heterocycles. The minimum Gasteiger partial charge on any atom is -0.337 e. The van der Waals surface area contributed by atoms with Crippen molar-refractivity contribution in [3.63, 3.8) is 0 Å². The van der Waals surface area contributed by atoms with E-state index in [0.717, 1.165) is 11.4 Å². The van der Waals surface area contributed by atoms with E-state index in [1.165, 1.54) is 6.33 Å². The molecule has 0 bridgehead atoms. The maximum Gasteiger partial charge on any atom is 0.248 e. The van der Waals surface area contributed by atoms with Crippen molar-refractivity contribution in [3.05, 3.63) is 47.3 Å². The summed E-state index contributed by atoms with van der Waals surface area (Å²) in [5.74, 6) is 1.81. The minimum atomic E-state index is 0.409. The third-order valence-electron chi connectivity index (χ3n) is 2.66. The number of hydrogen-bond donors (Lipinski definition) is 0. The molecule has 0 fully saturated rings. The van der Waals surface area contributed by atoms with Gasteiger partial charge in [0.1, 0.15) is 18.7 Å². The van der Waals surface area contributed by atoms with Gasteiger partial charge < -0.3 is 4.52 Å². The minimum absolute atomic E-state index is 0.409. The molecule has 96 valence electrons. The molecule has 0 radical (unpaired) electrons. The first-order valence-corrected chi connectivity index (χ1v) is 6.03. The summed E-state index contributed by atoms with van der Waals surface area (Å²) < 4.78 is 6.89. The molecular formula is C12H10ClN5O. The van der Waals surface area contributed by atoms with Crippen LogP contribution in [0.4, 0.5) is 0 Å². The van der Waals surface area contributed by atoms with E-state index in [4.69, 9.17) is 16.1 Å². The van der Waals surface area contributed by atoms with E-state index in [0.29, 0.717) is 23.3 Å². The van der Waals surface area contributed by atoms with Gasteiger partial charge in [-0.25, -0.2) is 9.67 Å². The van der Waals surface area contributed by atoms with Crippen LogP contribution in [0.1, 0.15) is 11.7 Å². The number of aromatic nitrogens is 5. The van der Waals surface area contributed by atoms with E-state index >= 15 is 0 Å². The lowest BCUT2D eigenvalue weighted by Gasteiger charge is -1.96. The molecule has 0 spiro atoms. The lowest BCUT2D eigenvalue weighted by Crippen LogP contribution is -2.04. The van der Waals surface area contributed by atoms with Gasteiger partial charge >= 0.3 is 0 Å². The zero-order valence-electron chi connectivity index (χ0n) is 10.1. The third kappa shape index (κ3) is 2.48. The quantitative estimate of drug-likeness (QED) is 0.734. The fourth-order valence-corrected chi connectivity index (χ4v) is 1.77. The maximum absolute atomic E-state index is 5.83. The van der Waals surface area contributed by atoms with Crippen LogP contribution in [0, 0.1) is 6.92 Å². The highest BCUT2D eigenvalue weighted by atomic mass is 35.5. The molecule has 3 aromatic rings. The van der Waals surface area contributed by atoms with E-state index in [1.54, 1.807) is 16.8 Å². The predicted molar refractivity (Wildman–Crippen MR) is 68.6 cm³/mol. The number of rotatable bonds is 3. The monoisotopic (exact) mass is 275 g/mol. The molecular weight excluding hydrogens is 266 g/mol. The number of aryl methyl sites for hydroxylation is 1. The van der Waals surface area contributed by atoms with Crippen LogP contribution in [0.15, 0.2) is 35.1 Å². The number of benzene rings is 1. The molecule has 0 saturated heterocycles. The van der Waals surface area contributed by atoms with Crippen LogP contribution < -0.4 is 0 Å². The Bertz CT molecular complexity index is 688. The summed E-state index contributed by atoms with van der Waals surface area (Å²) >= 11 is 5.83. The topological polar surface area (TPSA) is 69.6 Å². The zero-order valence-corrected chi connectivity index (χ0v) is 10.9. The second-order valence-electron chi connectivity index (χ2n) is 3.98. The molecule has 0 aliphatic rings. The third-order valence-corrected chi connectivity index (χ3v) is 2.92. The second kappa shape index (κ2) is 4.81. The van der Waals surface area contributed by atoms with Crippen LogP contribution in [0.2, 0.25) is 5.02 Å². The van der Waals surface area contributed by atoms with Gasteiger partial charge in [0.25, 0.3) is 0 Å². The Hall–Kier alpha value is -2.21. The van der Waals surface area contributed by atoms with Gasteiger partial charge in [-0.3, -0.25) is 0 Å². The van der Waals surface area contributed by atoms with Crippen molar-refractivity contribution in [3.8, 4) is 11.4 Å². The lowest BCUT2D eigenvalue weighted by molar-refractivity contribution is 0.364. The smallest absolute Gasteiger partial charge is 0.248 e. The normalized spacial score (nSPS) is 10.8. The second-order valence-corrected chi connectivity index (χ2v) is 4.42. The van der Waals surface area contributed by atoms with Crippen LogP contribution in [-0.4, -0.2) is 24.9 Å². The van der Waals surface area contributed by atoms with Gasteiger partial charge in [0.2, 0.25) is 11.7 Å². The Labute approximate surface area is 114 Å². The SMILES string of the molecule is Cc1ncnn1Cc1nc(-c2ccc(Cl)cc2)no1. The fourth-order valence-electron chi connectivity index (χ4n) is 1.64. The van der Waals surface area contributed by atoms with Crippen molar-refractivity contribution in [2.24, 2.45) is 0 Å². The van der Waals surface area contributed by atoms with Crippen LogP contribution in [0.5, 0.6) is 0 Å². The first kappa shape index (κ1) is 11.9. The van der Waals surface area contributed by atoms with Crippen LogP contribution >= 0.6 is 11.6 Å². The fraction of sp³-hybridized carbons (Fsp3) is 0.167. The van der Waals surface area contributed by atoms with E-state index in [2.05, 4.69) is 20.2 Å². The largest absolute Gasteiger partial charge is 0.337 e. The van der Waals surface area contributed by atoms with Crippen molar-refractivity contribution in [2.75, 3.05) is 0 Å². The van der Waals surface area contributed by atoms with Crippen LogP contribution in [-0.2, 0) is 6.54 Å². The molecule has 1 aromatic carbocycles. The highest BCUT2D eigenvalue weighted by Crippen LogP contribution is 2.18. The Morgan fingerprint density at radius 2 is 2.05 bits per heavy atom. The summed E-state index contributed by atoms with van der Waals surface area (Å²) in [5, 5.41) is 8.67. The van der Waals surface area contributed by atoms with E-state index in [9.17, 15) is 0 Å². The summed E-state index contributed by atoms with van der Waals surface area (Å²) in [7, 11) is 0. The molecule has 0 aliphatic heterocycles. The van der Waals surface area contributed by atoms with Gasteiger partial charge in [0, 0.05) is 10.6 Å². The van der Waals surface area contributed by atoms with Crippen molar-refractivity contribution >= 4 is 11.6 Å². The van der Waals surface area contributed by atoms with Crippen molar-refractivity contribution < 1.29 is 4.52 Å². The standard InChI is InChI=1S/C12H10ClN5O/c1-8-14-7-15-18(8)6-11-16-12(17-19-11)9-2-4-10(13)5-3-9/h2-5,7H,6H2,1H3. The summed E-state index contributed by atoms with van der Waals surface area (Å²) in [5.41, 5.74) is 0.856. The number of nitrogens with zero attached hydrogens (tertiary/aromatic N) is 5. The highest BCUT2D eigenvalue weighted by molar-refractivity contribution is 6.30. The molecule has 0 amide bonds. The van der Waals surface area contributed by atoms with Gasteiger partial charge in [-0.05, 0) is 31.2 Å². The summed E-state index contributed by atoms with van der Waals surface area (Å²) in [6, 6.07) is 7.26. The maximum atomic E-state index is 5.83. The molecule has 0 atom stereocenters. The lowest BCUT2D eigenvalue weighted by atomic mass is 10.2. The zero-order chi connectivity index (χ0) is 13.2. The average molecular weight is 276 g/mol. The van der Waals surface area contributed by atoms with Crippen molar-refractivity contribution in [2.45, 2.75) is 13.5 Å². The Morgan fingerprint density at radius 3 is 2.74 bits per heavy atom. The van der Waals surface area contributed by atoms with Gasteiger partial charge in [-0.1, -0.05) is 16.8 Å². The number of hydrogen-bond acceptors (Lipinski definition) is 5. The Balaban J connectivity index is 1.83. The molecule has 3 rings (SSSR count). The van der Waals surface area contributed by atoms with Crippen LogP contribution in [0.25, 0.3) is 11.4 Å². The molecule has 0 saturated carbocycles. The first-order valence-electron chi connectivity index (χ1n) is 5.65. The molecule has 0 N–H and O–H groups in total. The van der Waals surface area contributed by atoms with E-state index < -0.39 is 0 Å². The number of halogens is 1. The Kier molecular flexibility index (Phi) is 3.00. The van der Waals surface area contributed by atoms with Gasteiger partial charge in [-0.2, -0.15) is 10.1 Å². The van der Waals surface area contributed by atoms with Gasteiger partial charge in [0.05, 0.1) is 0 Å². The molecule has 6 nitrogen and oxygen atoms in total. The van der Waals surface area contributed by atoms with Gasteiger partial charge in [-0.15, -0.1) is 0 Å². The van der Waals surface area contributed by atoms with Crippen LogP contribution in [0.3, 0.4) is 0 Å². The van der Waals surface area contributed by atoms with E-state index in [1.807, 2.05) is 19.1 Å². The molecule has 0 aliphatic carbocycles. The molecule has 19 heavy (non-hydrogen) atoms. The molecule has 2 aromatic heterocycles. The first-order chi connectivity index (χ1) is 9.22. The van der Waals surface area contributed by atoms with E-state index in [-0.39, 0.29) is 0 Å². The molecule has 0 unspecified atom stereocenters. The highest BCUT2D eigenvalue weighted by Gasteiger charge is 2.10. The Morgan fingerprint density at radius 1 is 1.26 bits per heavy atom. The summed E-state index contributed by atoms with van der Waals surface area (Å²) in [6.45, 7) is 2.27. The predicted octanol–water partition coefficient (Wildman–Crippen LogP) is 2.34. The van der Waals surface area contributed by atoms with Crippen molar-refractivity contribution in [1.29, 1.82) is 0 Å². The average Bonchev–Trinajstić information content (AvgIpc) is 3.01. The van der Waals surface area contributed by atoms with Gasteiger partial charge in [0.15, 0.2) is 0 Å². The summed E-state index contributed by atoms with van der Waals surface area (Å²) in [6.07, 6.45) is 1.49. The molecule has 7 heteroatoms.